The Hall–Kier alpha value is -2.73. The minimum absolute atomic E-state index is 0.0416. The highest BCUT2D eigenvalue weighted by molar-refractivity contribution is 6.01. The van der Waals surface area contributed by atoms with Gasteiger partial charge in [0.2, 0.25) is 0 Å². The Kier molecular flexibility index (Phi) is 4.07. The molecule has 1 atom stereocenters. The first kappa shape index (κ1) is 13.7. The van der Waals surface area contributed by atoms with E-state index in [9.17, 15) is 14.7 Å². The van der Waals surface area contributed by atoms with E-state index in [4.69, 9.17) is 5.11 Å². The molecule has 1 amide bonds. The summed E-state index contributed by atoms with van der Waals surface area (Å²) in [6.07, 6.45) is 1.16. The average molecular weight is 272 g/mol. The number of hydrogen-bond acceptors (Lipinski definition) is 4. The Morgan fingerprint density at radius 2 is 1.85 bits per heavy atom. The number of rotatable bonds is 4. The van der Waals surface area contributed by atoms with Gasteiger partial charge < -0.3 is 15.5 Å². The summed E-state index contributed by atoms with van der Waals surface area (Å²) >= 11 is 0. The molecule has 0 saturated heterocycles. The van der Waals surface area contributed by atoms with Gasteiger partial charge in [0.15, 0.2) is 6.10 Å². The highest BCUT2D eigenvalue weighted by atomic mass is 16.4. The lowest BCUT2D eigenvalue weighted by atomic mass is 10.1. The molecule has 0 aliphatic heterocycles. The first-order valence-corrected chi connectivity index (χ1v) is 5.81. The molecule has 6 heteroatoms. The third kappa shape index (κ3) is 2.99. The van der Waals surface area contributed by atoms with Crippen LogP contribution in [0.4, 0.5) is 5.69 Å². The summed E-state index contributed by atoms with van der Waals surface area (Å²) in [4.78, 5) is 26.7. The molecule has 20 heavy (non-hydrogen) atoms. The Labute approximate surface area is 114 Å². The van der Waals surface area contributed by atoms with E-state index < -0.39 is 18.0 Å². The number of nitrogens with one attached hydrogen (secondary N) is 1. The average Bonchev–Trinajstić information content (AvgIpc) is 2.47. The number of aromatic carboxylic acids is 1. The second kappa shape index (κ2) is 5.94. The maximum Gasteiger partial charge on any atom is 0.337 e. The quantitative estimate of drug-likeness (QED) is 0.782. The van der Waals surface area contributed by atoms with Crippen LogP contribution >= 0.6 is 0 Å². The van der Waals surface area contributed by atoms with Gasteiger partial charge in [-0.3, -0.25) is 9.78 Å². The molecule has 2 aromatic rings. The molecule has 1 aromatic carbocycles. The van der Waals surface area contributed by atoms with Gasteiger partial charge in [-0.2, -0.15) is 0 Å². The molecule has 3 N–H and O–H groups in total. The molecule has 0 aliphatic rings. The maximum atomic E-state index is 11.9. The van der Waals surface area contributed by atoms with Crippen molar-refractivity contribution in [2.24, 2.45) is 0 Å². The second-order valence-electron chi connectivity index (χ2n) is 4.03. The van der Waals surface area contributed by atoms with E-state index in [2.05, 4.69) is 10.3 Å². The molecule has 1 aromatic heterocycles. The van der Waals surface area contributed by atoms with E-state index in [1.165, 1.54) is 18.5 Å². The van der Waals surface area contributed by atoms with Gasteiger partial charge in [-0.25, -0.2) is 4.79 Å². The summed E-state index contributed by atoms with van der Waals surface area (Å²) < 4.78 is 0. The van der Waals surface area contributed by atoms with E-state index >= 15 is 0 Å². The van der Waals surface area contributed by atoms with E-state index in [-0.39, 0.29) is 11.3 Å². The van der Waals surface area contributed by atoms with Gasteiger partial charge in [0.25, 0.3) is 5.91 Å². The third-order valence-electron chi connectivity index (χ3n) is 2.67. The topological polar surface area (TPSA) is 99.5 Å². The first-order chi connectivity index (χ1) is 9.59. The molecule has 2 rings (SSSR count). The number of pyridine rings is 1. The lowest BCUT2D eigenvalue weighted by Crippen LogP contribution is -2.22. The van der Waals surface area contributed by atoms with Crippen molar-refractivity contribution in [2.45, 2.75) is 6.10 Å². The normalized spacial score (nSPS) is 11.7. The van der Waals surface area contributed by atoms with Crippen LogP contribution in [0.1, 0.15) is 22.0 Å². The Morgan fingerprint density at radius 3 is 2.50 bits per heavy atom. The number of anilines is 1. The van der Waals surface area contributed by atoms with Gasteiger partial charge in [0.05, 0.1) is 17.4 Å². The van der Waals surface area contributed by atoms with Crippen LogP contribution in [0.3, 0.4) is 0 Å². The molecule has 0 spiro atoms. The zero-order chi connectivity index (χ0) is 14.5. The molecular weight excluding hydrogens is 260 g/mol. The van der Waals surface area contributed by atoms with Crippen LogP contribution < -0.4 is 5.32 Å². The van der Waals surface area contributed by atoms with Crippen LogP contribution in [-0.2, 0) is 4.79 Å². The largest absolute Gasteiger partial charge is 0.478 e. The number of carbonyl (C=O) groups is 2. The van der Waals surface area contributed by atoms with Crippen molar-refractivity contribution in [1.29, 1.82) is 0 Å². The lowest BCUT2D eigenvalue weighted by Gasteiger charge is -2.12. The van der Waals surface area contributed by atoms with Crippen LogP contribution in [-0.4, -0.2) is 27.1 Å². The van der Waals surface area contributed by atoms with Crippen LogP contribution in [0.2, 0.25) is 0 Å². The number of aromatic nitrogens is 1. The smallest absolute Gasteiger partial charge is 0.337 e. The standard InChI is InChI=1S/C14H12N2O4/c17-12(9-4-2-1-3-5-9)13(18)16-11-8-15-7-6-10(11)14(19)20/h1-8,12,17H,(H,16,18)(H,19,20). The molecular formula is C14H12N2O4. The SMILES string of the molecule is O=C(O)c1ccncc1NC(=O)C(O)c1ccccc1. The summed E-state index contributed by atoms with van der Waals surface area (Å²) in [6, 6.07) is 9.62. The molecule has 102 valence electrons. The second-order valence-corrected chi connectivity index (χ2v) is 4.03. The molecule has 0 saturated carbocycles. The molecule has 0 aliphatic carbocycles. The molecule has 0 radical (unpaired) electrons. The molecule has 6 nitrogen and oxygen atoms in total. The number of carbonyl (C=O) groups excluding carboxylic acids is 1. The van der Waals surface area contributed by atoms with Gasteiger partial charge in [-0.1, -0.05) is 30.3 Å². The van der Waals surface area contributed by atoms with Gasteiger partial charge in [0.1, 0.15) is 0 Å². The first-order valence-electron chi connectivity index (χ1n) is 5.81. The predicted molar refractivity (Wildman–Crippen MR) is 71.2 cm³/mol. The minimum atomic E-state index is -1.38. The summed E-state index contributed by atoms with van der Waals surface area (Å²) in [5, 5.41) is 21.3. The van der Waals surface area contributed by atoms with Crippen molar-refractivity contribution < 1.29 is 19.8 Å². The number of hydrogen-bond donors (Lipinski definition) is 3. The van der Waals surface area contributed by atoms with Crippen molar-refractivity contribution in [3.8, 4) is 0 Å². The number of carboxylic acids is 1. The highest BCUT2D eigenvalue weighted by Gasteiger charge is 2.19. The van der Waals surface area contributed by atoms with Crippen molar-refractivity contribution in [3.63, 3.8) is 0 Å². The Morgan fingerprint density at radius 1 is 1.15 bits per heavy atom. The van der Waals surface area contributed by atoms with Crippen molar-refractivity contribution in [1.82, 2.24) is 4.98 Å². The van der Waals surface area contributed by atoms with Crippen LogP contribution in [0.5, 0.6) is 0 Å². The monoisotopic (exact) mass is 272 g/mol. The fourth-order valence-corrected chi connectivity index (χ4v) is 1.67. The number of nitrogens with zero attached hydrogens (tertiary/aromatic N) is 1. The molecule has 1 unspecified atom stereocenters. The zero-order valence-electron chi connectivity index (χ0n) is 10.4. The number of carboxylic acid groups (broad SMARTS) is 1. The predicted octanol–water partition coefficient (Wildman–Crippen LogP) is 1.45. The van der Waals surface area contributed by atoms with E-state index in [1.807, 2.05) is 0 Å². The Bertz CT molecular complexity index is 628. The third-order valence-corrected chi connectivity index (χ3v) is 2.67. The van der Waals surface area contributed by atoms with Crippen molar-refractivity contribution in [2.75, 3.05) is 5.32 Å². The van der Waals surface area contributed by atoms with E-state index in [0.717, 1.165) is 0 Å². The number of benzene rings is 1. The van der Waals surface area contributed by atoms with Gasteiger partial charge in [-0.05, 0) is 11.6 Å². The molecule has 0 bridgehead atoms. The minimum Gasteiger partial charge on any atom is -0.478 e. The van der Waals surface area contributed by atoms with Crippen molar-refractivity contribution >= 4 is 17.6 Å². The Balaban J connectivity index is 2.18. The number of aliphatic hydroxyl groups excluding tert-OH is 1. The summed E-state index contributed by atoms with van der Waals surface area (Å²) in [5.74, 6) is -1.90. The van der Waals surface area contributed by atoms with Gasteiger partial charge in [-0.15, -0.1) is 0 Å². The molecule has 1 heterocycles. The highest BCUT2D eigenvalue weighted by Crippen LogP contribution is 2.18. The fourth-order valence-electron chi connectivity index (χ4n) is 1.67. The number of amides is 1. The summed E-state index contributed by atoms with van der Waals surface area (Å²) in [6.45, 7) is 0. The lowest BCUT2D eigenvalue weighted by molar-refractivity contribution is -0.124. The fraction of sp³-hybridized carbons (Fsp3) is 0.0714. The van der Waals surface area contributed by atoms with E-state index in [1.54, 1.807) is 30.3 Å². The molecule has 0 fully saturated rings. The zero-order valence-corrected chi connectivity index (χ0v) is 10.4. The van der Waals surface area contributed by atoms with Crippen LogP contribution in [0, 0.1) is 0 Å². The van der Waals surface area contributed by atoms with Crippen molar-refractivity contribution in [3.05, 3.63) is 59.9 Å². The van der Waals surface area contributed by atoms with Crippen LogP contribution in [0.25, 0.3) is 0 Å². The van der Waals surface area contributed by atoms with Gasteiger partial charge in [0, 0.05) is 6.20 Å². The summed E-state index contributed by atoms with van der Waals surface area (Å²) in [7, 11) is 0. The summed E-state index contributed by atoms with van der Waals surface area (Å²) in [5.41, 5.74) is 0.374. The van der Waals surface area contributed by atoms with Gasteiger partial charge >= 0.3 is 5.97 Å². The van der Waals surface area contributed by atoms with E-state index in [0.29, 0.717) is 5.56 Å². The maximum absolute atomic E-state index is 11.9. The van der Waals surface area contributed by atoms with Crippen LogP contribution in [0.15, 0.2) is 48.8 Å². The number of aliphatic hydroxyl groups is 1.